The van der Waals surface area contributed by atoms with Crippen molar-refractivity contribution >= 4 is 11.5 Å². The first kappa shape index (κ1) is 24.1. The zero-order valence-corrected chi connectivity index (χ0v) is 19.4. The molecule has 1 aliphatic carbocycles. The lowest BCUT2D eigenvalue weighted by Crippen LogP contribution is -2.06. The molecule has 2 aromatic rings. The number of hydrogen-bond donors (Lipinski definition) is 1. The van der Waals surface area contributed by atoms with Gasteiger partial charge in [-0.05, 0) is 72.9 Å². The van der Waals surface area contributed by atoms with Gasteiger partial charge >= 0.3 is 5.97 Å². The van der Waals surface area contributed by atoms with Crippen LogP contribution in [-0.4, -0.2) is 17.7 Å². The van der Waals surface area contributed by atoms with Crippen LogP contribution in [0.5, 0.6) is 5.75 Å². The van der Waals surface area contributed by atoms with Crippen molar-refractivity contribution in [3.05, 3.63) is 71.3 Å². The number of aryl methyl sites for hydroxylation is 1. The minimum Gasteiger partial charge on any atom is -0.489 e. The molecule has 1 aliphatic rings. The molecule has 172 valence electrons. The Morgan fingerprint density at radius 1 is 0.781 bits per heavy atom. The molecule has 0 aliphatic heterocycles. The summed E-state index contributed by atoms with van der Waals surface area (Å²) in [5.41, 5.74) is 5.43. The van der Waals surface area contributed by atoms with Gasteiger partial charge in [0.1, 0.15) is 12.4 Å². The van der Waals surface area contributed by atoms with Gasteiger partial charge in [-0.1, -0.05) is 81.0 Å². The molecule has 0 heterocycles. The summed E-state index contributed by atoms with van der Waals surface area (Å²) in [4.78, 5) is 10.7. The lowest BCUT2D eigenvalue weighted by molar-refractivity contribution is -0.137. The maximum atomic E-state index is 10.7. The third-order valence-corrected chi connectivity index (χ3v) is 6.40. The lowest BCUT2D eigenvalue weighted by Gasteiger charge is -2.18. The van der Waals surface area contributed by atoms with E-state index >= 15 is 0 Å². The zero-order chi connectivity index (χ0) is 22.4. The van der Waals surface area contributed by atoms with Crippen LogP contribution in [0.1, 0.15) is 88.2 Å². The first-order chi connectivity index (χ1) is 15.7. The molecule has 3 nitrogen and oxygen atoms in total. The quantitative estimate of drug-likeness (QED) is 0.460. The number of rotatable bonds is 8. The fourth-order valence-electron chi connectivity index (χ4n) is 4.54. The molecule has 3 rings (SSSR count). The normalized spacial score (nSPS) is 18.4. The van der Waals surface area contributed by atoms with E-state index in [4.69, 9.17) is 9.84 Å². The van der Waals surface area contributed by atoms with E-state index in [1.807, 2.05) is 12.1 Å². The molecule has 3 heteroatoms. The summed E-state index contributed by atoms with van der Waals surface area (Å²) >= 11 is 0. The topological polar surface area (TPSA) is 46.5 Å². The average Bonchev–Trinajstić information content (AvgIpc) is 2.80. The molecule has 0 bridgehead atoms. The van der Waals surface area contributed by atoms with Crippen LogP contribution in [-0.2, 0) is 11.2 Å². The molecule has 0 atom stereocenters. The van der Waals surface area contributed by atoms with E-state index in [2.05, 4.69) is 42.5 Å². The largest absolute Gasteiger partial charge is 0.489 e. The van der Waals surface area contributed by atoms with Crippen molar-refractivity contribution in [3.8, 4) is 5.75 Å². The summed E-state index contributed by atoms with van der Waals surface area (Å²) < 4.78 is 6.27. The number of aliphatic carboxylic acids is 1. The van der Waals surface area contributed by atoms with Crippen molar-refractivity contribution < 1.29 is 14.6 Å². The van der Waals surface area contributed by atoms with Crippen molar-refractivity contribution in [2.75, 3.05) is 6.61 Å². The summed E-state index contributed by atoms with van der Waals surface area (Å²) in [5, 5.41) is 8.81. The van der Waals surface area contributed by atoms with Gasteiger partial charge in [0.15, 0.2) is 0 Å². The van der Waals surface area contributed by atoms with E-state index in [0.717, 1.165) is 30.6 Å². The van der Waals surface area contributed by atoms with Gasteiger partial charge in [-0.25, -0.2) is 0 Å². The Morgan fingerprint density at radius 2 is 1.41 bits per heavy atom. The first-order valence-electron chi connectivity index (χ1n) is 12.4. The van der Waals surface area contributed by atoms with Gasteiger partial charge in [-0.15, -0.1) is 0 Å². The highest BCUT2D eigenvalue weighted by Gasteiger charge is 2.12. The van der Waals surface area contributed by atoms with E-state index in [1.165, 1.54) is 68.1 Å². The second-order valence-electron chi connectivity index (χ2n) is 8.96. The number of hydrogen-bond acceptors (Lipinski definition) is 2. The predicted octanol–water partition coefficient (Wildman–Crippen LogP) is 7.84. The van der Waals surface area contributed by atoms with E-state index in [1.54, 1.807) is 0 Å². The third-order valence-electron chi connectivity index (χ3n) is 6.40. The standard InChI is InChI=1S/C29H38O3/c30-29(31)18-12-13-24-19-21-27(22-20-24)32-23-26-16-8-5-3-1-2-4-6-11-17-28(26)25-14-9-7-10-15-25/h7,9-10,14-15,19-22H,1-6,8,11-13,16-18,23H2,(H,30,31)/b28-26-. The van der Waals surface area contributed by atoms with Crippen LogP contribution in [0.15, 0.2) is 60.2 Å². The molecule has 0 saturated carbocycles. The molecular formula is C29H38O3. The van der Waals surface area contributed by atoms with Crippen LogP contribution in [0.2, 0.25) is 0 Å². The second kappa shape index (κ2) is 13.8. The Kier molecular flexibility index (Phi) is 10.4. The molecule has 0 fully saturated rings. The van der Waals surface area contributed by atoms with Crippen molar-refractivity contribution in [1.82, 2.24) is 0 Å². The Morgan fingerprint density at radius 3 is 2.06 bits per heavy atom. The lowest BCUT2D eigenvalue weighted by atomic mass is 9.91. The fourth-order valence-corrected chi connectivity index (χ4v) is 4.54. The highest BCUT2D eigenvalue weighted by molar-refractivity contribution is 5.69. The monoisotopic (exact) mass is 434 g/mol. The maximum Gasteiger partial charge on any atom is 0.303 e. The highest BCUT2D eigenvalue weighted by Crippen LogP contribution is 2.30. The highest BCUT2D eigenvalue weighted by atomic mass is 16.5. The average molecular weight is 435 g/mol. The summed E-state index contributed by atoms with van der Waals surface area (Å²) in [6, 6.07) is 19.0. The van der Waals surface area contributed by atoms with Crippen LogP contribution in [0.3, 0.4) is 0 Å². The van der Waals surface area contributed by atoms with Gasteiger partial charge in [-0.2, -0.15) is 0 Å². The Hall–Kier alpha value is -2.55. The minimum atomic E-state index is -0.732. The van der Waals surface area contributed by atoms with Crippen molar-refractivity contribution in [1.29, 1.82) is 0 Å². The molecule has 2 aromatic carbocycles. The molecule has 0 amide bonds. The first-order valence-corrected chi connectivity index (χ1v) is 12.4. The van der Waals surface area contributed by atoms with Crippen LogP contribution in [0.4, 0.5) is 0 Å². The molecule has 32 heavy (non-hydrogen) atoms. The van der Waals surface area contributed by atoms with Gasteiger partial charge in [-0.3, -0.25) is 4.79 Å². The SMILES string of the molecule is O=C(O)CCCc1ccc(OC/C2=C(\c3ccccc3)CCCCCCCCCC2)cc1. The molecule has 0 spiro atoms. The van der Waals surface area contributed by atoms with E-state index in [0.29, 0.717) is 13.0 Å². The Balaban J connectivity index is 1.70. The van der Waals surface area contributed by atoms with Crippen molar-refractivity contribution in [2.24, 2.45) is 0 Å². The van der Waals surface area contributed by atoms with Gasteiger partial charge in [0.25, 0.3) is 0 Å². The Bertz CT molecular complexity index is 836. The maximum absolute atomic E-state index is 10.7. The van der Waals surface area contributed by atoms with Crippen molar-refractivity contribution in [3.63, 3.8) is 0 Å². The van der Waals surface area contributed by atoms with Crippen LogP contribution >= 0.6 is 0 Å². The Labute approximate surface area is 193 Å². The summed E-state index contributed by atoms with van der Waals surface area (Å²) in [5.74, 6) is 0.155. The molecular weight excluding hydrogens is 396 g/mol. The van der Waals surface area contributed by atoms with Gasteiger partial charge < -0.3 is 9.84 Å². The van der Waals surface area contributed by atoms with Crippen LogP contribution in [0, 0.1) is 0 Å². The number of carbonyl (C=O) groups is 1. The molecule has 0 saturated heterocycles. The van der Waals surface area contributed by atoms with Crippen molar-refractivity contribution in [2.45, 2.75) is 83.5 Å². The predicted molar refractivity (Wildman–Crippen MR) is 132 cm³/mol. The van der Waals surface area contributed by atoms with Gasteiger partial charge in [0, 0.05) is 6.42 Å². The summed E-state index contributed by atoms with van der Waals surface area (Å²) in [7, 11) is 0. The van der Waals surface area contributed by atoms with Gasteiger partial charge in [0.2, 0.25) is 0 Å². The molecule has 1 N–H and O–H groups in total. The molecule has 0 unspecified atom stereocenters. The molecule has 0 radical (unpaired) electrons. The zero-order valence-electron chi connectivity index (χ0n) is 19.4. The summed E-state index contributed by atoms with van der Waals surface area (Å²) in [6.45, 7) is 0.641. The van der Waals surface area contributed by atoms with Gasteiger partial charge in [0.05, 0.1) is 0 Å². The van der Waals surface area contributed by atoms with E-state index in [-0.39, 0.29) is 6.42 Å². The number of benzene rings is 2. The number of allylic oxidation sites excluding steroid dienone is 1. The van der Waals surface area contributed by atoms with E-state index in [9.17, 15) is 4.79 Å². The minimum absolute atomic E-state index is 0.217. The number of ether oxygens (including phenoxy) is 1. The van der Waals surface area contributed by atoms with Crippen LogP contribution in [0.25, 0.3) is 5.57 Å². The fraction of sp³-hybridized carbons (Fsp3) is 0.483. The number of carboxylic acids is 1. The van der Waals surface area contributed by atoms with E-state index < -0.39 is 5.97 Å². The molecule has 0 aromatic heterocycles. The van der Waals surface area contributed by atoms with Crippen LogP contribution < -0.4 is 4.74 Å². The number of carboxylic acid groups (broad SMARTS) is 1. The smallest absolute Gasteiger partial charge is 0.303 e. The third kappa shape index (κ3) is 8.53. The summed E-state index contributed by atoms with van der Waals surface area (Å²) in [6.07, 6.45) is 14.5. The second-order valence-corrected chi connectivity index (χ2v) is 8.96.